The number of hydrogen-bond acceptors (Lipinski definition) is 3. The van der Waals surface area contributed by atoms with Crippen molar-refractivity contribution in [1.82, 2.24) is 4.90 Å². The summed E-state index contributed by atoms with van der Waals surface area (Å²) in [5.74, 6) is 7.24. The fraction of sp³-hybridized carbons (Fsp3) is 0.556. The van der Waals surface area contributed by atoms with Gasteiger partial charge in [-0.3, -0.25) is 0 Å². The number of ether oxygens (including phenoxy) is 1. The molecule has 0 aromatic carbocycles. The van der Waals surface area contributed by atoms with Crippen LogP contribution in [0.2, 0.25) is 0 Å². The Morgan fingerprint density at radius 2 is 2.08 bits per heavy atom. The van der Waals surface area contributed by atoms with Gasteiger partial charge in [0.1, 0.15) is 0 Å². The van der Waals surface area contributed by atoms with E-state index in [0.29, 0.717) is 18.9 Å². The third kappa shape index (κ3) is 2.13. The zero-order valence-electron chi connectivity index (χ0n) is 7.09. The molecular formula is C9H11NO2. The van der Waals surface area contributed by atoms with Gasteiger partial charge in [-0.2, -0.15) is 0 Å². The van der Waals surface area contributed by atoms with E-state index in [4.69, 9.17) is 4.74 Å². The molecule has 0 aromatic rings. The fourth-order valence-electron chi connectivity index (χ4n) is 1.07. The SMILES string of the molecule is CC#CC(=C=O)N1CCOCC1. The van der Waals surface area contributed by atoms with E-state index >= 15 is 0 Å². The lowest BCUT2D eigenvalue weighted by atomic mass is 10.3. The topological polar surface area (TPSA) is 29.5 Å². The van der Waals surface area contributed by atoms with Gasteiger partial charge < -0.3 is 9.64 Å². The lowest BCUT2D eigenvalue weighted by molar-refractivity contribution is 0.0565. The van der Waals surface area contributed by atoms with E-state index < -0.39 is 0 Å². The zero-order chi connectivity index (χ0) is 8.81. The van der Waals surface area contributed by atoms with Crippen LogP contribution in [0.5, 0.6) is 0 Å². The number of rotatable bonds is 1. The highest BCUT2D eigenvalue weighted by Gasteiger charge is 2.12. The lowest BCUT2D eigenvalue weighted by Crippen LogP contribution is -2.35. The summed E-state index contributed by atoms with van der Waals surface area (Å²) in [7, 11) is 0. The summed E-state index contributed by atoms with van der Waals surface area (Å²) in [6.45, 7) is 4.50. The monoisotopic (exact) mass is 165 g/mol. The Hall–Kier alpha value is -1.23. The van der Waals surface area contributed by atoms with Gasteiger partial charge in [0, 0.05) is 13.1 Å². The number of morpholine rings is 1. The quantitative estimate of drug-likeness (QED) is 0.406. The largest absolute Gasteiger partial charge is 0.378 e. The van der Waals surface area contributed by atoms with Gasteiger partial charge >= 0.3 is 0 Å². The van der Waals surface area contributed by atoms with Gasteiger partial charge in [0.2, 0.25) is 0 Å². The van der Waals surface area contributed by atoms with Crippen molar-refractivity contribution < 1.29 is 9.53 Å². The van der Waals surface area contributed by atoms with Crippen LogP contribution in [0.15, 0.2) is 5.70 Å². The van der Waals surface area contributed by atoms with Crippen LogP contribution in [0.4, 0.5) is 0 Å². The Kier molecular flexibility index (Phi) is 3.40. The lowest BCUT2D eigenvalue weighted by Gasteiger charge is -2.26. The van der Waals surface area contributed by atoms with E-state index in [2.05, 4.69) is 11.8 Å². The molecule has 1 heterocycles. The molecule has 1 aliphatic rings. The van der Waals surface area contributed by atoms with Crippen molar-refractivity contribution >= 4 is 5.94 Å². The van der Waals surface area contributed by atoms with Gasteiger partial charge in [-0.1, -0.05) is 5.92 Å². The highest BCUT2D eigenvalue weighted by atomic mass is 16.5. The van der Waals surface area contributed by atoms with E-state index in [-0.39, 0.29) is 0 Å². The minimum Gasteiger partial charge on any atom is -0.378 e. The summed E-state index contributed by atoms with van der Waals surface area (Å²) in [5, 5.41) is 0. The Labute approximate surface area is 72.0 Å². The molecule has 0 aliphatic carbocycles. The van der Waals surface area contributed by atoms with Crippen LogP contribution < -0.4 is 0 Å². The molecule has 0 amide bonds. The van der Waals surface area contributed by atoms with Gasteiger partial charge in [0.05, 0.1) is 13.2 Å². The van der Waals surface area contributed by atoms with Crippen LogP contribution in [-0.2, 0) is 9.53 Å². The maximum atomic E-state index is 10.4. The first-order chi connectivity index (χ1) is 5.88. The molecule has 0 unspecified atom stereocenters. The molecule has 0 saturated carbocycles. The number of carbonyl (C=O) groups excluding carboxylic acids is 1. The van der Waals surface area contributed by atoms with Crippen molar-refractivity contribution in [3.63, 3.8) is 0 Å². The Morgan fingerprint density at radius 1 is 1.42 bits per heavy atom. The first-order valence-corrected chi connectivity index (χ1v) is 3.89. The Balaban J connectivity index is 2.63. The van der Waals surface area contributed by atoms with Gasteiger partial charge in [-0.05, 0) is 12.8 Å². The van der Waals surface area contributed by atoms with Crippen molar-refractivity contribution in [2.24, 2.45) is 0 Å². The molecule has 0 bridgehead atoms. The third-order valence-electron chi connectivity index (χ3n) is 1.67. The fourth-order valence-corrected chi connectivity index (χ4v) is 1.07. The molecule has 0 N–H and O–H groups in total. The second kappa shape index (κ2) is 4.61. The Morgan fingerprint density at radius 3 is 2.58 bits per heavy atom. The van der Waals surface area contributed by atoms with Gasteiger partial charge in [-0.25, -0.2) is 4.79 Å². The van der Waals surface area contributed by atoms with E-state index in [1.807, 2.05) is 10.8 Å². The van der Waals surface area contributed by atoms with Crippen LogP contribution in [0, 0.1) is 11.8 Å². The summed E-state index contributed by atoms with van der Waals surface area (Å²) < 4.78 is 5.14. The molecule has 0 aromatic heterocycles. The summed E-state index contributed by atoms with van der Waals surface area (Å²) in [6, 6.07) is 0. The molecule has 12 heavy (non-hydrogen) atoms. The van der Waals surface area contributed by atoms with Crippen LogP contribution >= 0.6 is 0 Å². The van der Waals surface area contributed by atoms with Gasteiger partial charge in [-0.15, -0.1) is 0 Å². The van der Waals surface area contributed by atoms with E-state index in [0.717, 1.165) is 13.1 Å². The second-order valence-electron chi connectivity index (χ2n) is 2.43. The summed E-state index contributed by atoms with van der Waals surface area (Å²) in [5.41, 5.74) is 0.445. The molecule has 64 valence electrons. The average Bonchev–Trinajstić information content (AvgIpc) is 2.15. The molecule has 3 nitrogen and oxygen atoms in total. The molecule has 0 radical (unpaired) electrons. The first kappa shape index (κ1) is 8.86. The Bertz CT molecular complexity index is 249. The number of nitrogens with zero attached hydrogens (tertiary/aromatic N) is 1. The number of hydrogen-bond donors (Lipinski definition) is 0. The van der Waals surface area contributed by atoms with Crippen LogP contribution in [-0.4, -0.2) is 37.1 Å². The maximum Gasteiger partial charge on any atom is 0.174 e. The van der Waals surface area contributed by atoms with Crippen molar-refractivity contribution in [2.75, 3.05) is 26.3 Å². The molecule has 1 rings (SSSR count). The van der Waals surface area contributed by atoms with Crippen molar-refractivity contribution in [1.29, 1.82) is 0 Å². The van der Waals surface area contributed by atoms with Crippen LogP contribution in [0.25, 0.3) is 0 Å². The molecule has 0 atom stereocenters. The van der Waals surface area contributed by atoms with Crippen LogP contribution in [0.3, 0.4) is 0 Å². The molecule has 0 spiro atoms. The zero-order valence-corrected chi connectivity index (χ0v) is 7.09. The average molecular weight is 165 g/mol. The second-order valence-corrected chi connectivity index (χ2v) is 2.43. The summed E-state index contributed by atoms with van der Waals surface area (Å²) in [6.07, 6.45) is 0. The molecule has 1 saturated heterocycles. The van der Waals surface area contributed by atoms with Crippen molar-refractivity contribution in [3.05, 3.63) is 5.70 Å². The summed E-state index contributed by atoms with van der Waals surface area (Å²) >= 11 is 0. The van der Waals surface area contributed by atoms with Crippen molar-refractivity contribution in [3.8, 4) is 11.8 Å². The van der Waals surface area contributed by atoms with Gasteiger partial charge in [0.15, 0.2) is 11.6 Å². The van der Waals surface area contributed by atoms with Crippen LogP contribution in [0.1, 0.15) is 6.92 Å². The smallest absolute Gasteiger partial charge is 0.174 e. The predicted octanol–water partition coefficient (Wildman–Crippen LogP) is 0.0574. The minimum atomic E-state index is 0.445. The molecular weight excluding hydrogens is 154 g/mol. The standard InChI is InChI=1S/C9H11NO2/c1-2-3-9(8-11)10-4-6-12-7-5-10/h4-7H2,1H3. The number of allylic oxidation sites excluding steroid dienone is 1. The van der Waals surface area contributed by atoms with E-state index in [1.165, 1.54) is 0 Å². The van der Waals surface area contributed by atoms with E-state index in [9.17, 15) is 4.79 Å². The highest BCUT2D eigenvalue weighted by Crippen LogP contribution is 2.02. The normalized spacial score (nSPS) is 15.9. The maximum absolute atomic E-state index is 10.4. The minimum absolute atomic E-state index is 0.445. The molecule has 3 heteroatoms. The predicted molar refractivity (Wildman–Crippen MR) is 45.0 cm³/mol. The van der Waals surface area contributed by atoms with Crippen molar-refractivity contribution in [2.45, 2.75) is 6.92 Å². The summed E-state index contributed by atoms with van der Waals surface area (Å²) in [4.78, 5) is 12.3. The van der Waals surface area contributed by atoms with Gasteiger partial charge in [0.25, 0.3) is 0 Å². The molecule has 1 fully saturated rings. The third-order valence-corrected chi connectivity index (χ3v) is 1.67. The highest BCUT2D eigenvalue weighted by molar-refractivity contribution is 5.59. The van der Waals surface area contributed by atoms with E-state index in [1.54, 1.807) is 6.92 Å². The first-order valence-electron chi connectivity index (χ1n) is 3.89. The molecule has 1 aliphatic heterocycles.